The molecule has 1 aromatic heterocycles. The Morgan fingerprint density at radius 1 is 0.302 bits per heavy atom. The third-order valence-corrected chi connectivity index (χ3v) is 9.29. The maximum absolute atomic E-state index is 5.12. The van der Waals surface area contributed by atoms with Gasteiger partial charge in [0, 0.05) is 11.1 Å². The lowest BCUT2D eigenvalue weighted by Gasteiger charge is -2.30. The van der Waals surface area contributed by atoms with E-state index in [0.29, 0.717) is 0 Å². The highest BCUT2D eigenvalue weighted by Gasteiger charge is 2.51. The standard InChI is InChI=1S/C42H27N/c1-3-13-28(14-4-1)40-26-31(27-41(43-40)29-15-5-2-6-16-29)30-23-24-39-35(25-30)34-19-9-12-22-38(34)42(39)36-20-10-7-17-32(36)33-18-8-11-21-37(33)42/h1-27H. The van der Waals surface area contributed by atoms with Crippen molar-refractivity contribution in [3.05, 3.63) is 186 Å². The van der Waals surface area contributed by atoms with E-state index < -0.39 is 0 Å². The Labute approximate surface area is 251 Å². The molecule has 43 heavy (non-hydrogen) atoms. The van der Waals surface area contributed by atoms with Gasteiger partial charge in [0.1, 0.15) is 0 Å². The molecule has 2 aliphatic rings. The number of hydrogen-bond donors (Lipinski definition) is 0. The van der Waals surface area contributed by atoms with Crippen LogP contribution in [0.15, 0.2) is 164 Å². The Kier molecular flexibility index (Phi) is 5.18. The molecule has 1 spiro atoms. The number of fused-ring (bicyclic) bond motifs is 10. The summed E-state index contributed by atoms with van der Waals surface area (Å²) < 4.78 is 0. The van der Waals surface area contributed by atoms with Crippen LogP contribution in [0.4, 0.5) is 0 Å². The van der Waals surface area contributed by atoms with Crippen molar-refractivity contribution in [1.82, 2.24) is 4.98 Å². The third-order valence-electron chi connectivity index (χ3n) is 9.29. The molecule has 1 heteroatoms. The van der Waals surface area contributed by atoms with Crippen molar-refractivity contribution < 1.29 is 0 Å². The van der Waals surface area contributed by atoms with Crippen molar-refractivity contribution >= 4 is 0 Å². The first-order valence-electron chi connectivity index (χ1n) is 14.9. The second-order valence-corrected chi connectivity index (χ2v) is 11.5. The molecule has 0 saturated carbocycles. The van der Waals surface area contributed by atoms with E-state index in [1.807, 2.05) is 0 Å². The summed E-state index contributed by atoms with van der Waals surface area (Å²) in [4.78, 5) is 5.12. The molecule has 0 unspecified atom stereocenters. The van der Waals surface area contributed by atoms with Crippen LogP contribution in [-0.4, -0.2) is 4.98 Å². The predicted octanol–water partition coefficient (Wildman–Crippen LogP) is 10.4. The van der Waals surface area contributed by atoms with E-state index in [1.54, 1.807) is 0 Å². The van der Waals surface area contributed by atoms with Gasteiger partial charge in [0.05, 0.1) is 16.8 Å². The first kappa shape index (κ1) is 24.1. The first-order valence-corrected chi connectivity index (χ1v) is 14.9. The summed E-state index contributed by atoms with van der Waals surface area (Å²) in [7, 11) is 0. The van der Waals surface area contributed by atoms with Crippen LogP contribution in [0.2, 0.25) is 0 Å². The van der Waals surface area contributed by atoms with E-state index >= 15 is 0 Å². The summed E-state index contributed by atoms with van der Waals surface area (Å²) in [5.74, 6) is 0. The minimum atomic E-state index is -0.319. The summed E-state index contributed by atoms with van der Waals surface area (Å²) in [5, 5.41) is 0. The molecule has 1 nitrogen and oxygen atoms in total. The van der Waals surface area contributed by atoms with Gasteiger partial charge in [-0.05, 0) is 73.8 Å². The van der Waals surface area contributed by atoms with Gasteiger partial charge in [-0.25, -0.2) is 4.98 Å². The molecule has 0 aliphatic heterocycles. The number of rotatable bonds is 3. The summed E-state index contributed by atoms with van der Waals surface area (Å²) in [6.45, 7) is 0. The molecule has 9 rings (SSSR count). The largest absolute Gasteiger partial charge is 0.248 e. The van der Waals surface area contributed by atoms with Gasteiger partial charge in [0.25, 0.3) is 0 Å². The minimum absolute atomic E-state index is 0.319. The summed E-state index contributed by atoms with van der Waals surface area (Å²) in [6, 6.07) is 59.5. The zero-order valence-corrected chi connectivity index (χ0v) is 23.5. The van der Waals surface area contributed by atoms with Gasteiger partial charge < -0.3 is 0 Å². The van der Waals surface area contributed by atoms with E-state index in [1.165, 1.54) is 55.6 Å². The molecule has 200 valence electrons. The zero-order chi connectivity index (χ0) is 28.4. The van der Waals surface area contributed by atoms with Crippen molar-refractivity contribution in [2.75, 3.05) is 0 Å². The van der Waals surface area contributed by atoms with E-state index in [2.05, 4.69) is 164 Å². The van der Waals surface area contributed by atoms with Crippen LogP contribution in [0, 0.1) is 0 Å². The number of pyridine rings is 1. The van der Waals surface area contributed by atoms with E-state index in [4.69, 9.17) is 4.98 Å². The second kappa shape index (κ2) is 9.24. The number of hydrogen-bond acceptors (Lipinski definition) is 1. The van der Waals surface area contributed by atoms with Crippen molar-refractivity contribution in [2.45, 2.75) is 5.41 Å². The van der Waals surface area contributed by atoms with Gasteiger partial charge in [-0.1, -0.05) is 146 Å². The fourth-order valence-corrected chi connectivity index (χ4v) is 7.49. The SMILES string of the molecule is c1ccc(-c2cc(-c3ccc4c(c3)-c3ccccc3C43c4ccccc4-c4ccccc43)cc(-c3ccccc3)n2)cc1. The average molecular weight is 546 g/mol. The molecule has 0 bridgehead atoms. The molecule has 0 radical (unpaired) electrons. The number of nitrogens with zero attached hydrogens (tertiary/aromatic N) is 1. The van der Waals surface area contributed by atoms with Gasteiger partial charge in [-0.3, -0.25) is 0 Å². The van der Waals surface area contributed by atoms with E-state index in [9.17, 15) is 0 Å². The van der Waals surface area contributed by atoms with Gasteiger partial charge in [-0.15, -0.1) is 0 Å². The van der Waals surface area contributed by atoms with Crippen molar-refractivity contribution in [2.24, 2.45) is 0 Å². The highest BCUT2D eigenvalue weighted by Crippen LogP contribution is 2.62. The zero-order valence-electron chi connectivity index (χ0n) is 23.5. The van der Waals surface area contributed by atoms with Crippen molar-refractivity contribution in [3.8, 4) is 55.9 Å². The summed E-state index contributed by atoms with van der Waals surface area (Å²) >= 11 is 0. The third kappa shape index (κ3) is 3.43. The summed E-state index contributed by atoms with van der Waals surface area (Å²) in [5.41, 5.74) is 17.0. The second-order valence-electron chi connectivity index (χ2n) is 11.5. The highest BCUT2D eigenvalue weighted by atomic mass is 14.7. The fourth-order valence-electron chi connectivity index (χ4n) is 7.49. The molecule has 1 heterocycles. The van der Waals surface area contributed by atoms with Crippen LogP contribution < -0.4 is 0 Å². The van der Waals surface area contributed by atoms with Crippen molar-refractivity contribution in [1.29, 1.82) is 0 Å². The van der Waals surface area contributed by atoms with Crippen LogP contribution >= 0.6 is 0 Å². The van der Waals surface area contributed by atoms with Gasteiger partial charge in [-0.2, -0.15) is 0 Å². The molecular weight excluding hydrogens is 518 g/mol. The van der Waals surface area contributed by atoms with Crippen LogP contribution in [0.1, 0.15) is 22.3 Å². The van der Waals surface area contributed by atoms with Crippen LogP contribution in [0.5, 0.6) is 0 Å². The Balaban J connectivity index is 1.30. The number of benzene rings is 6. The van der Waals surface area contributed by atoms with E-state index in [0.717, 1.165) is 22.5 Å². The smallest absolute Gasteiger partial charge is 0.0725 e. The molecule has 7 aromatic rings. The topological polar surface area (TPSA) is 12.9 Å². The molecule has 0 amide bonds. The number of aromatic nitrogens is 1. The fraction of sp³-hybridized carbons (Fsp3) is 0.0238. The van der Waals surface area contributed by atoms with Crippen molar-refractivity contribution in [3.63, 3.8) is 0 Å². The van der Waals surface area contributed by atoms with Crippen LogP contribution in [0.3, 0.4) is 0 Å². The van der Waals surface area contributed by atoms with Gasteiger partial charge in [0.2, 0.25) is 0 Å². The maximum Gasteiger partial charge on any atom is 0.0725 e. The Morgan fingerprint density at radius 3 is 1.23 bits per heavy atom. The quantitative estimate of drug-likeness (QED) is 0.215. The molecule has 0 atom stereocenters. The molecule has 0 saturated heterocycles. The normalized spacial score (nSPS) is 13.3. The van der Waals surface area contributed by atoms with Crippen LogP contribution in [0.25, 0.3) is 55.9 Å². The molecule has 2 aliphatic carbocycles. The first-order chi connectivity index (χ1) is 21.3. The lowest BCUT2D eigenvalue weighted by atomic mass is 9.70. The predicted molar refractivity (Wildman–Crippen MR) is 177 cm³/mol. The molecule has 6 aromatic carbocycles. The maximum atomic E-state index is 5.12. The van der Waals surface area contributed by atoms with E-state index in [-0.39, 0.29) is 5.41 Å². The average Bonchev–Trinajstić information content (AvgIpc) is 3.56. The van der Waals surface area contributed by atoms with Gasteiger partial charge >= 0.3 is 0 Å². The lowest BCUT2D eigenvalue weighted by Crippen LogP contribution is -2.25. The molecule has 0 N–H and O–H groups in total. The molecular formula is C42H27N. The summed E-state index contributed by atoms with van der Waals surface area (Å²) in [6.07, 6.45) is 0. The Morgan fingerprint density at radius 2 is 0.721 bits per heavy atom. The Bertz CT molecular complexity index is 2070. The molecule has 0 fully saturated rings. The monoisotopic (exact) mass is 545 g/mol. The minimum Gasteiger partial charge on any atom is -0.248 e. The van der Waals surface area contributed by atoms with Gasteiger partial charge in [0.15, 0.2) is 0 Å². The van der Waals surface area contributed by atoms with Crippen LogP contribution in [-0.2, 0) is 5.41 Å². The Hall–Kier alpha value is -5.53. The highest BCUT2D eigenvalue weighted by molar-refractivity contribution is 5.96. The lowest BCUT2D eigenvalue weighted by molar-refractivity contribution is 0.794.